The number of hydrogen-bond donors (Lipinski definition) is 1. The van der Waals surface area contributed by atoms with Gasteiger partial charge in [0.1, 0.15) is 18.1 Å². The van der Waals surface area contributed by atoms with Crippen LogP contribution in [0.15, 0.2) is 30.7 Å². The van der Waals surface area contributed by atoms with Crippen molar-refractivity contribution in [2.24, 2.45) is 7.05 Å². The standard InChI is InChI=1S/C16H19FN6/c1-22-9-13(7-21-22)10-23-11-14(17)4-15(23)8-20-16-3-2-12(5-18)6-19-16/h2-3,6-7,9,14-15H,4,8,10-11H2,1H3,(H,19,20)/t14-,15-/m0/s1. The van der Waals surface area contributed by atoms with Crippen LogP contribution in [-0.2, 0) is 13.6 Å². The number of anilines is 1. The number of nitrogens with zero attached hydrogens (tertiary/aromatic N) is 5. The average molecular weight is 314 g/mol. The molecule has 3 rings (SSSR count). The molecular formula is C16H19FN6. The normalized spacial score (nSPS) is 21.3. The van der Waals surface area contributed by atoms with Crippen molar-refractivity contribution in [2.75, 3.05) is 18.4 Å². The fourth-order valence-corrected chi connectivity index (χ4v) is 2.90. The van der Waals surface area contributed by atoms with Gasteiger partial charge in [-0.3, -0.25) is 9.58 Å². The zero-order valence-electron chi connectivity index (χ0n) is 13.0. The molecule has 2 aromatic rings. The molecule has 0 unspecified atom stereocenters. The van der Waals surface area contributed by atoms with Crippen LogP contribution >= 0.6 is 0 Å². The molecule has 2 atom stereocenters. The van der Waals surface area contributed by atoms with Gasteiger partial charge in [-0.2, -0.15) is 10.4 Å². The van der Waals surface area contributed by atoms with E-state index in [9.17, 15) is 4.39 Å². The highest BCUT2D eigenvalue weighted by molar-refractivity contribution is 5.39. The van der Waals surface area contributed by atoms with Gasteiger partial charge in [-0.15, -0.1) is 0 Å². The van der Waals surface area contributed by atoms with Crippen LogP contribution in [0.1, 0.15) is 17.5 Å². The second-order valence-corrected chi connectivity index (χ2v) is 5.86. The maximum absolute atomic E-state index is 13.8. The molecule has 2 aromatic heterocycles. The quantitative estimate of drug-likeness (QED) is 0.910. The molecule has 0 saturated carbocycles. The van der Waals surface area contributed by atoms with Crippen LogP contribution in [0.4, 0.5) is 10.2 Å². The number of halogens is 1. The lowest BCUT2D eigenvalue weighted by Gasteiger charge is -2.23. The SMILES string of the molecule is Cn1cc(CN2C[C@@H](F)C[C@H]2CNc2ccc(C#N)cn2)cn1. The second-order valence-electron chi connectivity index (χ2n) is 5.86. The minimum Gasteiger partial charge on any atom is -0.369 e. The fraction of sp³-hybridized carbons (Fsp3) is 0.438. The summed E-state index contributed by atoms with van der Waals surface area (Å²) >= 11 is 0. The summed E-state index contributed by atoms with van der Waals surface area (Å²) in [5.74, 6) is 0.702. The molecule has 1 N–H and O–H groups in total. The highest BCUT2D eigenvalue weighted by atomic mass is 19.1. The van der Waals surface area contributed by atoms with Crippen molar-refractivity contribution in [3.05, 3.63) is 41.9 Å². The predicted molar refractivity (Wildman–Crippen MR) is 84.4 cm³/mol. The fourth-order valence-electron chi connectivity index (χ4n) is 2.90. The van der Waals surface area contributed by atoms with E-state index in [1.807, 2.05) is 25.5 Å². The number of nitrogens with one attached hydrogen (secondary N) is 1. The Hall–Kier alpha value is -2.46. The maximum Gasteiger partial charge on any atom is 0.126 e. The Bertz CT molecular complexity index is 689. The van der Waals surface area contributed by atoms with Gasteiger partial charge >= 0.3 is 0 Å². The van der Waals surface area contributed by atoms with Crippen molar-refractivity contribution in [2.45, 2.75) is 25.2 Å². The van der Waals surface area contributed by atoms with Gasteiger partial charge in [0.25, 0.3) is 0 Å². The van der Waals surface area contributed by atoms with Crippen LogP contribution in [0.3, 0.4) is 0 Å². The van der Waals surface area contributed by atoms with Gasteiger partial charge in [-0.05, 0) is 18.6 Å². The van der Waals surface area contributed by atoms with Crippen molar-refractivity contribution < 1.29 is 4.39 Å². The van der Waals surface area contributed by atoms with E-state index in [1.165, 1.54) is 6.20 Å². The Morgan fingerprint density at radius 1 is 1.43 bits per heavy atom. The minimum absolute atomic E-state index is 0.114. The highest BCUT2D eigenvalue weighted by Gasteiger charge is 2.32. The number of alkyl halides is 1. The van der Waals surface area contributed by atoms with Gasteiger partial charge in [0.05, 0.1) is 11.8 Å². The van der Waals surface area contributed by atoms with Gasteiger partial charge in [0.15, 0.2) is 0 Å². The van der Waals surface area contributed by atoms with E-state index in [-0.39, 0.29) is 6.04 Å². The first-order valence-corrected chi connectivity index (χ1v) is 7.59. The van der Waals surface area contributed by atoms with Crippen molar-refractivity contribution >= 4 is 5.82 Å². The predicted octanol–water partition coefficient (Wildman–Crippen LogP) is 1.71. The lowest BCUT2D eigenvalue weighted by atomic mass is 10.2. The van der Waals surface area contributed by atoms with Crippen LogP contribution in [0.2, 0.25) is 0 Å². The number of hydrogen-bond acceptors (Lipinski definition) is 5. The summed E-state index contributed by atoms with van der Waals surface area (Å²) in [5, 5.41) is 16.2. The molecule has 0 radical (unpaired) electrons. The molecule has 6 nitrogen and oxygen atoms in total. The van der Waals surface area contributed by atoms with E-state index in [4.69, 9.17) is 5.26 Å². The Morgan fingerprint density at radius 2 is 2.30 bits per heavy atom. The van der Waals surface area contributed by atoms with Gasteiger partial charge in [0.2, 0.25) is 0 Å². The molecular weight excluding hydrogens is 295 g/mol. The number of rotatable bonds is 5. The third-order valence-corrected chi connectivity index (χ3v) is 4.03. The van der Waals surface area contributed by atoms with E-state index in [0.29, 0.717) is 37.4 Å². The van der Waals surface area contributed by atoms with Crippen molar-refractivity contribution in [1.82, 2.24) is 19.7 Å². The summed E-state index contributed by atoms with van der Waals surface area (Å²) in [6.07, 6.45) is 5.02. The first-order valence-electron chi connectivity index (χ1n) is 7.59. The van der Waals surface area contributed by atoms with Crippen LogP contribution < -0.4 is 5.32 Å². The summed E-state index contributed by atoms with van der Waals surface area (Å²) in [5.41, 5.74) is 1.61. The van der Waals surface area contributed by atoms with Crippen molar-refractivity contribution in [3.8, 4) is 6.07 Å². The largest absolute Gasteiger partial charge is 0.369 e. The monoisotopic (exact) mass is 314 g/mol. The van der Waals surface area contributed by atoms with Crippen LogP contribution in [0.25, 0.3) is 0 Å². The van der Waals surface area contributed by atoms with E-state index < -0.39 is 6.17 Å². The zero-order chi connectivity index (χ0) is 16.2. The molecule has 0 bridgehead atoms. The molecule has 1 fully saturated rings. The molecule has 1 saturated heterocycles. The third kappa shape index (κ3) is 3.85. The second kappa shape index (κ2) is 6.75. The van der Waals surface area contributed by atoms with E-state index >= 15 is 0 Å². The highest BCUT2D eigenvalue weighted by Crippen LogP contribution is 2.23. The lowest BCUT2D eigenvalue weighted by molar-refractivity contribution is 0.241. The van der Waals surface area contributed by atoms with Gasteiger partial charge in [-0.1, -0.05) is 0 Å². The third-order valence-electron chi connectivity index (χ3n) is 4.03. The van der Waals surface area contributed by atoms with Gasteiger partial charge in [-0.25, -0.2) is 9.37 Å². The summed E-state index contributed by atoms with van der Waals surface area (Å²) in [6, 6.07) is 5.64. The molecule has 1 aliphatic heterocycles. The molecule has 0 amide bonds. The number of nitriles is 1. The summed E-state index contributed by atoms with van der Waals surface area (Å²) in [4.78, 5) is 6.32. The number of aromatic nitrogens is 3. The Kier molecular flexibility index (Phi) is 4.53. The molecule has 3 heterocycles. The average Bonchev–Trinajstić information content (AvgIpc) is 3.11. The number of aryl methyl sites for hydroxylation is 1. The first-order chi connectivity index (χ1) is 11.1. The molecule has 120 valence electrons. The summed E-state index contributed by atoms with van der Waals surface area (Å²) in [6.45, 7) is 1.77. The zero-order valence-corrected chi connectivity index (χ0v) is 13.0. The van der Waals surface area contributed by atoms with Crippen LogP contribution in [0.5, 0.6) is 0 Å². The first kappa shape index (κ1) is 15.4. The molecule has 0 spiro atoms. The lowest BCUT2D eigenvalue weighted by Crippen LogP contribution is -2.34. The van der Waals surface area contributed by atoms with E-state index in [1.54, 1.807) is 16.8 Å². The van der Waals surface area contributed by atoms with E-state index in [0.717, 1.165) is 5.56 Å². The molecule has 1 aliphatic rings. The van der Waals surface area contributed by atoms with Crippen molar-refractivity contribution in [1.29, 1.82) is 5.26 Å². The summed E-state index contributed by atoms with van der Waals surface area (Å²) in [7, 11) is 1.88. The van der Waals surface area contributed by atoms with Gasteiger partial charge in [0, 0.05) is 50.7 Å². The Morgan fingerprint density at radius 3 is 2.96 bits per heavy atom. The topological polar surface area (TPSA) is 69.8 Å². The van der Waals surface area contributed by atoms with Crippen LogP contribution in [0, 0.1) is 11.3 Å². The molecule has 0 aliphatic carbocycles. The smallest absolute Gasteiger partial charge is 0.126 e. The van der Waals surface area contributed by atoms with Crippen LogP contribution in [-0.4, -0.2) is 45.0 Å². The molecule has 0 aromatic carbocycles. The maximum atomic E-state index is 13.8. The van der Waals surface area contributed by atoms with E-state index in [2.05, 4.69) is 20.3 Å². The molecule has 23 heavy (non-hydrogen) atoms. The number of pyridine rings is 1. The summed E-state index contributed by atoms with van der Waals surface area (Å²) < 4.78 is 15.6. The van der Waals surface area contributed by atoms with Gasteiger partial charge < -0.3 is 5.32 Å². The Labute approximate surface area is 134 Å². The Balaban J connectivity index is 1.59. The van der Waals surface area contributed by atoms with Crippen molar-refractivity contribution in [3.63, 3.8) is 0 Å². The number of likely N-dealkylation sites (tertiary alicyclic amines) is 1. The minimum atomic E-state index is -0.799. The molecule has 7 heteroatoms.